The van der Waals surface area contributed by atoms with Crippen molar-refractivity contribution in [3.05, 3.63) is 46.4 Å². The third-order valence-corrected chi connectivity index (χ3v) is 4.82. The Hall–Kier alpha value is -2.40. The predicted molar refractivity (Wildman–Crippen MR) is 83.1 cm³/mol. The van der Waals surface area contributed by atoms with E-state index in [0.717, 1.165) is 33.8 Å². The quantitative estimate of drug-likeness (QED) is 0.485. The van der Waals surface area contributed by atoms with Crippen molar-refractivity contribution in [3.63, 3.8) is 0 Å². The number of carbonyl (C=O) groups excluding carboxylic acids is 1. The summed E-state index contributed by atoms with van der Waals surface area (Å²) >= 11 is 2.30. The lowest BCUT2D eigenvalue weighted by Crippen LogP contribution is -2.14. The minimum atomic E-state index is -2.91. The van der Waals surface area contributed by atoms with Crippen LogP contribution in [0.25, 0.3) is 4.96 Å². The first-order valence-electron chi connectivity index (χ1n) is 6.45. The number of thioether (sulfide) groups is 1. The van der Waals surface area contributed by atoms with Crippen LogP contribution in [0, 0.1) is 0 Å². The minimum Gasteiger partial charge on any atom is -0.435 e. The molecule has 0 bridgehead atoms. The number of alkyl halides is 2. The third-order valence-electron chi connectivity index (χ3n) is 2.79. The van der Waals surface area contributed by atoms with Gasteiger partial charge in [0, 0.05) is 5.56 Å². The van der Waals surface area contributed by atoms with E-state index in [1.807, 2.05) is 0 Å². The van der Waals surface area contributed by atoms with Crippen molar-refractivity contribution in [1.82, 2.24) is 19.8 Å². The summed E-state index contributed by atoms with van der Waals surface area (Å²) in [4.78, 5) is 24.0. The molecule has 0 radical (unpaired) electrons. The number of benzene rings is 1. The largest absolute Gasteiger partial charge is 0.435 e. The first-order chi connectivity index (χ1) is 11.5. The summed E-state index contributed by atoms with van der Waals surface area (Å²) in [6.07, 6.45) is 1.05. The highest BCUT2D eigenvalue weighted by Crippen LogP contribution is 2.24. The number of carbonyl (C=O) groups is 1. The maximum atomic E-state index is 12.1. The SMILES string of the molecule is O=C(CSc1nn2c(=O)cnnc2s1)c1ccc(OC(F)F)cc1. The van der Waals surface area contributed by atoms with Crippen molar-refractivity contribution < 1.29 is 18.3 Å². The van der Waals surface area contributed by atoms with Crippen molar-refractivity contribution in [2.24, 2.45) is 0 Å². The van der Waals surface area contributed by atoms with E-state index in [-0.39, 0.29) is 17.3 Å². The molecular formula is C13H8F2N4O3S2. The van der Waals surface area contributed by atoms with Crippen molar-refractivity contribution in [2.75, 3.05) is 5.75 Å². The Labute approximate surface area is 141 Å². The number of ether oxygens (including phenoxy) is 1. The molecule has 3 aromatic rings. The second-order valence-electron chi connectivity index (χ2n) is 4.36. The van der Waals surface area contributed by atoms with E-state index in [4.69, 9.17) is 0 Å². The molecule has 0 fully saturated rings. The zero-order valence-corrected chi connectivity index (χ0v) is 13.4. The van der Waals surface area contributed by atoms with E-state index >= 15 is 0 Å². The van der Waals surface area contributed by atoms with Crippen LogP contribution in [0.15, 0.2) is 39.6 Å². The number of ketones is 1. The fourth-order valence-corrected chi connectivity index (χ4v) is 3.53. The first-order valence-corrected chi connectivity index (χ1v) is 8.25. The molecule has 0 atom stereocenters. The normalized spacial score (nSPS) is 11.1. The molecule has 124 valence electrons. The molecule has 2 heterocycles. The lowest BCUT2D eigenvalue weighted by Gasteiger charge is -2.04. The number of halogens is 2. The molecule has 0 N–H and O–H groups in total. The summed E-state index contributed by atoms with van der Waals surface area (Å²) in [5, 5.41) is 11.4. The summed E-state index contributed by atoms with van der Waals surface area (Å²) in [5.74, 6) is -0.142. The van der Waals surface area contributed by atoms with E-state index in [0.29, 0.717) is 14.9 Å². The molecule has 0 aliphatic carbocycles. The van der Waals surface area contributed by atoms with E-state index in [9.17, 15) is 18.4 Å². The van der Waals surface area contributed by atoms with Crippen molar-refractivity contribution in [2.45, 2.75) is 11.0 Å². The van der Waals surface area contributed by atoms with E-state index in [1.165, 1.54) is 24.3 Å². The zero-order chi connectivity index (χ0) is 17.1. The Balaban J connectivity index is 1.66. The summed E-state index contributed by atoms with van der Waals surface area (Å²) in [6, 6.07) is 5.43. The monoisotopic (exact) mass is 370 g/mol. The van der Waals surface area contributed by atoms with Crippen LogP contribution in [0.1, 0.15) is 10.4 Å². The summed E-state index contributed by atoms with van der Waals surface area (Å²) in [6.45, 7) is -2.91. The second kappa shape index (κ2) is 7.01. The number of hydrogen-bond donors (Lipinski definition) is 0. The van der Waals surface area contributed by atoms with Gasteiger partial charge in [-0.1, -0.05) is 23.1 Å². The van der Waals surface area contributed by atoms with Gasteiger partial charge < -0.3 is 4.74 Å². The molecule has 24 heavy (non-hydrogen) atoms. The average molecular weight is 370 g/mol. The number of hydrogen-bond acceptors (Lipinski definition) is 8. The fourth-order valence-electron chi connectivity index (χ4n) is 1.75. The number of rotatable bonds is 6. The maximum Gasteiger partial charge on any atom is 0.387 e. The summed E-state index contributed by atoms with van der Waals surface area (Å²) < 4.78 is 30.0. The van der Waals surface area contributed by atoms with Crippen LogP contribution in [-0.2, 0) is 0 Å². The average Bonchev–Trinajstić information content (AvgIpc) is 2.97. The number of nitrogens with zero attached hydrogens (tertiary/aromatic N) is 4. The zero-order valence-electron chi connectivity index (χ0n) is 11.8. The molecule has 0 saturated carbocycles. The van der Waals surface area contributed by atoms with Crippen LogP contribution in [0.3, 0.4) is 0 Å². The first kappa shape index (κ1) is 16.5. The van der Waals surface area contributed by atoms with Crippen molar-refractivity contribution in [1.29, 1.82) is 0 Å². The van der Waals surface area contributed by atoms with Crippen molar-refractivity contribution >= 4 is 33.8 Å². The highest BCUT2D eigenvalue weighted by atomic mass is 32.2. The van der Waals surface area contributed by atoms with Gasteiger partial charge >= 0.3 is 6.61 Å². The Kier molecular flexibility index (Phi) is 4.81. The molecule has 1 aromatic carbocycles. The van der Waals surface area contributed by atoms with Gasteiger partial charge in [-0.2, -0.15) is 18.4 Å². The van der Waals surface area contributed by atoms with Crippen LogP contribution >= 0.6 is 23.1 Å². The molecule has 2 aromatic heterocycles. The number of aromatic nitrogens is 4. The molecule has 0 saturated heterocycles. The van der Waals surface area contributed by atoms with Crippen LogP contribution in [0.4, 0.5) is 8.78 Å². The molecule has 3 rings (SSSR count). The van der Waals surface area contributed by atoms with Gasteiger partial charge in [0.15, 0.2) is 10.1 Å². The van der Waals surface area contributed by atoms with Gasteiger partial charge in [-0.25, -0.2) is 0 Å². The van der Waals surface area contributed by atoms with Gasteiger partial charge in [0.1, 0.15) is 11.9 Å². The van der Waals surface area contributed by atoms with Crippen LogP contribution in [0.2, 0.25) is 0 Å². The molecule has 11 heteroatoms. The number of fused-ring (bicyclic) bond motifs is 1. The molecule has 7 nitrogen and oxygen atoms in total. The highest BCUT2D eigenvalue weighted by molar-refractivity contribution is 8.01. The Morgan fingerprint density at radius 3 is 2.75 bits per heavy atom. The minimum absolute atomic E-state index is 0.0154. The Morgan fingerprint density at radius 1 is 1.33 bits per heavy atom. The lowest BCUT2D eigenvalue weighted by atomic mass is 10.1. The highest BCUT2D eigenvalue weighted by Gasteiger charge is 2.12. The smallest absolute Gasteiger partial charge is 0.387 e. The van der Waals surface area contributed by atoms with Gasteiger partial charge in [0.05, 0.1) is 5.75 Å². The van der Waals surface area contributed by atoms with Crippen LogP contribution in [-0.4, -0.2) is 38.0 Å². The molecule has 0 unspecified atom stereocenters. The maximum absolute atomic E-state index is 12.1. The van der Waals surface area contributed by atoms with E-state index < -0.39 is 12.2 Å². The fraction of sp³-hybridized carbons (Fsp3) is 0.154. The molecular weight excluding hydrogens is 362 g/mol. The van der Waals surface area contributed by atoms with E-state index in [1.54, 1.807) is 0 Å². The standard InChI is InChI=1S/C13H8F2N4O3S2/c14-11(15)22-8-3-1-7(2-4-8)9(20)6-23-13-18-19-10(21)5-16-17-12(19)24-13/h1-5,11H,6H2. The summed E-state index contributed by atoms with van der Waals surface area (Å²) in [7, 11) is 0. The predicted octanol–water partition coefficient (Wildman–Crippen LogP) is 2.12. The molecule has 0 aliphatic heterocycles. The van der Waals surface area contributed by atoms with Gasteiger partial charge in [0.2, 0.25) is 4.96 Å². The number of Topliss-reactive ketones (excluding diaryl/α,β-unsaturated/α-hetero) is 1. The van der Waals surface area contributed by atoms with Crippen LogP contribution < -0.4 is 10.3 Å². The lowest BCUT2D eigenvalue weighted by molar-refractivity contribution is -0.0498. The third kappa shape index (κ3) is 3.74. The Bertz CT molecular complexity index is 927. The van der Waals surface area contributed by atoms with Gasteiger partial charge in [0.25, 0.3) is 5.56 Å². The van der Waals surface area contributed by atoms with Crippen molar-refractivity contribution in [3.8, 4) is 5.75 Å². The molecule has 0 aliphatic rings. The molecule has 0 amide bonds. The van der Waals surface area contributed by atoms with Gasteiger partial charge in [-0.15, -0.1) is 10.2 Å². The van der Waals surface area contributed by atoms with Crippen LogP contribution in [0.5, 0.6) is 5.75 Å². The molecule has 0 spiro atoms. The Morgan fingerprint density at radius 2 is 2.08 bits per heavy atom. The van der Waals surface area contributed by atoms with E-state index in [2.05, 4.69) is 20.0 Å². The topological polar surface area (TPSA) is 86.5 Å². The second-order valence-corrected chi connectivity index (χ2v) is 6.54. The van der Waals surface area contributed by atoms with Gasteiger partial charge in [-0.05, 0) is 24.3 Å². The van der Waals surface area contributed by atoms with Gasteiger partial charge in [-0.3, -0.25) is 9.59 Å². The summed E-state index contributed by atoms with van der Waals surface area (Å²) in [5.41, 5.74) is -0.0359.